The molecular weight excluding hydrogens is 347 g/mol. The van der Waals surface area contributed by atoms with Gasteiger partial charge in [-0.25, -0.2) is 9.67 Å². The zero-order valence-corrected chi connectivity index (χ0v) is 14.4. The lowest BCUT2D eigenvalue weighted by atomic mass is 10.2. The van der Waals surface area contributed by atoms with Crippen molar-refractivity contribution in [2.24, 2.45) is 0 Å². The standard InChI is InChI=1S/C17H14Cl2N4O/c1-9-14-15(19)13(8-20-16(14)23(22-9)12-6-7-12)17(24)21-11-4-2-10(18)3-5-11/h2-5,8,12H,6-7H2,1H3,(H,21,24). The van der Waals surface area contributed by atoms with Crippen LogP contribution in [0.25, 0.3) is 11.0 Å². The van der Waals surface area contributed by atoms with E-state index in [-0.39, 0.29) is 5.91 Å². The van der Waals surface area contributed by atoms with Crippen molar-refractivity contribution in [1.82, 2.24) is 14.8 Å². The second-order valence-corrected chi connectivity index (χ2v) is 6.72. The molecule has 7 heteroatoms. The van der Waals surface area contributed by atoms with Gasteiger partial charge in [-0.15, -0.1) is 0 Å². The fraction of sp³-hybridized carbons (Fsp3) is 0.235. The number of benzene rings is 1. The van der Waals surface area contributed by atoms with E-state index in [1.165, 1.54) is 6.20 Å². The Balaban J connectivity index is 1.71. The van der Waals surface area contributed by atoms with E-state index < -0.39 is 0 Å². The Labute approximate surface area is 148 Å². The van der Waals surface area contributed by atoms with Gasteiger partial charge in [0.05, 0.1) is 27.7 Å². The van der Waals surface area contributed by atoms with Gasteiger partial charge in [-0.1, -0.05) is 23.2 Å². The average Bonchev–Trinajstić information content (AvgIpc) is 3.34. The summed E-state index contributed by atoms with van der Waals surface area (Å²) in [7, 11) is 0. The van der Waals surface area contributed by atoms with Gasteiger partial charge >= 0.3 is 0 Å². The number of aromatic nitrogens is 3. The number of rotatable bonds is 3. The number of halogens is 2. The molecule has 0 atom stereocenters. The van der Waals surface area contributed by atoms with Crippen LogP contribution in [0.3, 0.4) is 0 Å². The van der Waals surface area contributed by atoms with Crippen molar-refractivity contribution in [3.05, 3.63) is 51.8 Å². The van der Waals surface area contributed by atoms with Crippen LogP contribution >= 0.6 is 23.2 Å². The summed E-state index contributed by atoms with van der Waals surface area (Å²) in [6.07, 6.45) is 3.72. The van der Waals surface area contributed by atoms with Crippen LogP contribution in [-0.4, -0.2) is 20.7 Å². The normalized spacial score (nSPS) is 14.1. The van der Waals surface area contributed by atoms with E-state index in [1.54, 1.807) is 24.3 Å². The van der Waals surface area contributed by atoms with E-state index in [0.717, 1.165) is 29.6 Å². The molecular formula is C17H14Cl2N4O. The molecule has 0 spiro atoms. The Kier molecular flexibility index (Phi) is 3.70. The first kappa shape index (κ1) is 15.4. The van der Waals surface area contributed by atoms with Gasteiger partial charge in [-0.2, -0.15) is 5.10 Å². The van der Waals surface area contributed by atoms with Gasteiger partial charge in [0.15, 0.2) is 5.65 Å². The van der Waals surface area contributed by atoms with Crippen molar-refractivity contribution in [1.29, 1.82) is 0 Å². The topological polar surface area (TPSA) is 59.8 Å². The van der Waals surface area contributed by atoms with Gasteiger partial charge in [0.1, 0.15) is 0 Å². The van der Waals surface area contributed by atoms with Crippen molar-refractivity contribution in [3.8, 4) is 0 Å². The van der Waals surface area contributed by atoms with Crippen molar-refractivity contribution in [3.63, 3.8) is 0 Å². The minimum absolute atomic E-state index is 0.310. The van der Waals surface area contributed by atoms with Gasteiger partial charge in [-0.05, 0) is 44.0 Å². The first-order valence-corrected chi connectivity index (χ1v) is 8.40. The number of hydrogen-bond donors (Lipinski definition) is 1. The van der Waals surface area contributed by atoms with Gasteiger partial charge in [-0.3, -0.25) is 4.79 Å². The van der Waals surface area contributed by atoms with E-state index in [9.17, 15) is 4.79 Å². The summed E-state index contributed by atoms with van der Waals surface area (Å²) < 4.78 is 1.91. The molecule has 0 saturated heterocycles. The van der Waals surface area contributed by atoms with E-state index in [4.69, 9.17) is 23.2 Å². The lowest BCUT2D eigenvalue weighted by Gasteiger charge is -2.08. The van der Waals surface area contributed by atoms with Crippen LogP contribution in [0.5, 0.6) is 0 Å². The van der Waals surface area contributed by atoms with Crippen molar-refractivity contribution >= 4 is 45.8 Å². The molecule has 1 N–H and O–H groups in total. The lowest BCUT2D eigenvalue weighted by molar-refractivity contribution is 0.102. The molecule has 0 unspecified atom stereocenters. The molecule has 1 aliphatic rings. The number of amides is 1. The Morgan fingerprint density at radius 1 is 1.25 bits per heavy atom. The Hall–Kier alpha value is -2.11. The maximum absolute atomic E-state index is 12.5. The molecule has 1 amide bonds. The van der Waals surface area contributed by atoms with E-state index in [1.807, 2.05) is 11.6 Å². The highest BCUT2D eigenvalue weighted by molar-refractivity contribution is 6.39. The molecule has 2 aromatic heterocycles. The number of nitrogens with zero attached hydrogens (tertiary/aromatic N) is 3. The predicted molar refractivity (Wildman–Crippen MR) is 95.0 cm³/mol. The quantitative estimate of drug-likeness (QED) is 0.740. The highest BCUT2D eigenvalue weighted by atomic mass is 35.5. The third kappa shape index (κ3) is 2.64. The molecule has 3 aromatic rings. The molecule has 0 aliphatic heterocycles. The van der Waals surface area contributed by atoms with E-state index in [2.05, 4.69) is 15.4 Å². The third-order valence-electron chi connectivity index (χ3n) is 4.07. The smallest absolute Gasteiger partial charge is 0.258 e. The van der Waals surface area contributed by atoms with Crippen molar-refractivity contribution < 1.29 is 4.79 Å². The first-order valence-electron chi connectivity index (χ1n) is 7.65. The molecule has 4 rings (SSSR count). The maximum Gasteiger partial charge on any atom is 0.258 e. The first-order chi connectivity index (χ1) is 11.5. The SMILES string of the molecule is Cc1nn(C2CC2)c2ncc(C(=O)Nc3ccc(Cl)cc3)c(Cl)c12. The third-order valence-corrected chi connectivity index (χ3v) is 4.72. The minimum atomic E-state index is -0.310. The molecule has 5 nitrogen and oxygen atoms in total. The van der Waals surface area contributed by atoms with Crippen LogP contribution in [0.1, 0.15) is 34.9 Å². The van der Waals surface area contributed by atoms with Gasteiger partial charge in [0.25, 0.3) is 5.91 Å². The number of nitrogens with one attached hydrogen (secondary N) is 1. The number of anilines is 1. The zero-order valence-electron chi connectivity index (χ0n) is 12.9. The summed E-state index contributed by atoms with van der Waals surface area (Å²) in [4.78, 5) is 17.0. The molecule has 2 heterocycles. The fourth-order valence-corrected chi connectivity index (χ4v) is 3.18. The molecule has 1 aromatic carbocycles. The number of carbonyl (C=O) groups excluding carboxylic acids is 1. The average molecular weight is 361 g/mol. The van der Waals surface area contributed by atoms with Crippen molar-refractivity contribution in [2.75, 3.05) is 5.32 Å². The Morgan fingerprint density at radius 2 is 1.96 bits per heavy atom. The summed E-state index contributed by atoms with van der Waals surface area (Å²) in [5, 5.41) is 9.07. The zero-order chi connectivity index (χ0) is 16.8. The molecule has 24 heavy (non-hydrogen) atoms. The summed E-state index contributed by atoms with van der Waals surface area (Å²) >= 11 is 12.3. The maximum atomic E-state index is 12.5. The second-order valence-electron chi connectivity index (χ2n) is 5.91. The van der Waals surface area contributed by atoms with Crippen molar-refractivity contribution in [2.45, 2.75) is 25.8 Å². The van der Waals surface area contributed by atoms with Crippen LogP contribution < -0.4 is 5.32 Å². The summed E-state index contributed by atoms with van der Waals surface area (Å²) in [6.45, 7) is 1.88. The highest BCUT2D eigenvalue weighted by Crippen LogP contribution is 2.38. The number of fused-ring (bicyclic) bond motifs is 1. The summed E-state index contributed by atoms with van der Waals surface area (Å²) in [5.74, 6) is -0.310. The number of pyridine rings is 1. The molecule has 122 valence electrons. The minimum Gasteiger partial charge on any atom is -0.322 e. The summed E-state index contributed by atoms with van der Waals surface area (Å²) in [6, 6.07) is 7.29. The largest absolute Gasteiger partial charge is 0.322 e. The molecule has 1 fully saturated rings. The molecule has 1 saturated carbocycles. The lowest BCUT2D eigenvalue weighted by Crippen LogP contribution is -2.13. The Bertz CT molecular complexity index is 945. The Morgan fingerprint density at radius 3 is 2.62 bits per heavy atom. The monoisotopic (exact) mass is 360 g/mol. The number of carbonyl (C=O) groups is 1. The van der Waals surface area contributed by atoms with Crippen LogP contribution in [0.15, 0.2) is 30.5 Å². The summed E-state index contributed by atoms with van der Waals surface area (Å²) in [5.41, 5.74) is 2.50. The van der Waals surface area contributed by atoms with E-state index >= 15 is 0 Å². The predicted octanol–water partition coefficient (Wildman–Crippen LogP) is 4.63. The van der Waals surface area contributed by atoms with Crippen LogP contribution in [-0.2, 0) is 0 Å². The molecule has 1 aliphatic carbocycles. The fourth-order valence-electron chi connectivity index (χ4n) is 2.70. The van der Waals surface area contributed by atoms with Gasteiger partial charge in [0, 0.05) is 16.9 Å². The van der Waals surface area contributed by atoms with E-state index in [0.29, 0.717) is 27.3 Å². The number of hydrogen-bond acceptors (Lipinski definition) is 3. The second kappa shape index (κ2) is 5.76. The van der Waals surface area contributed by atoms with Crippen LogP contribution in [0.2, 0.25) is 10.0 Å². The van der Waals surface area contributed by atoms with Gasteiger partial charge in [0.2, 0.25) is 0 Å². The molecule has 0 bridgehead atoms. The molecule has 0 radical (unpaired) electrons. The number of aryl methyl sites for hydroxylation is 1. The van der Waals surface area contributed by atoms with Crippen LogP contribution in [0, 0.1) is 6.92 Å². The van der Waals surface area contributed by atoms with Gasteiger partial charge < -0.3 is 5.32 Å². The highest BCUT2D eigenvalue weighted by Gasteiger charge is 2.29. The van der Waals surface area contributed by atoms with Crippen LogP contribution in [0.4, 0.5) is 5.69 Å².